The molecule has 40 heavy (non-hydrogen) atoms. The maximum atomic E-state index is 14.0. The molecule has 2 amide bonds. The van der Waals surface area contributed by atoms with Crippen molar-refractivity contribution in [2.75, 3.05) is 23.7 Å². The summed E-state index contributed by atoms with van der Waals surface area (Å²) in [6, 6.07) is 20.9. The number of nitro groups is 1. The van der Waals surface area contributed by atoms with E-state index in [2.05, 4.69) is 5.32 Å². The van der Waals surface area contributed by atoms with E-state index in [-0.39, 0.29) is 30.2 Å². The Morgan fingerprint density at radius 1 is 0.975 bits per heavy atom. The van der Waals surface area contributed by atoms with Crippen LogP contribution in [-0.4, -0.2) is 55.4 Å². The third-order valence-corrected chi connectivity index (χ3v) is 7.40. The lowest BCUT2D eigenvalue weighted by Gasteiger charge is -2.33. The summed E-state index contributed by atoms with van der Waals surface area (Å²) >= 11 is 0. The number of benzene rings is 3. The zero-order chi connectivity index (χ0) is 29.3. The molecule has 212 valence electrons. The average Bonchev–Trinajstić information content (AvgIpc) is 2.92. The van der Waals surface area contributed by atoms with Gasteiger partial charge in [-0.1, -0.05) is 73.2 Å². The summed E-state index contributed by atoms with van der Waals surface area (Å²) in [6.07, 6.45) is 1.84. The van der Waals surface area contributed by atoms with Gasteiger partial charge in [0.2, 0.25) is 21.8 Å². The lowest BCUT2D eigenvalue weighted by atomic mass is 10.0. The van der Waals surface area contributed by atoms with E-state index in [1.807, 2.05) is 68.4 Å². The van der Waals surface area contributed by atoms with Gasteiger partial charge in [-0.15, -0.1) is 0 Å². The topological polar surface area (TPSA) is 130 Å². The first-order chi connectivity index (χ1) is 19.0. The monoisotopic (exact) mass is 566 g/mol. The number of aryl methyl sites for hydroxylation is 1. The summed E-state index contributed by atoms with van der Waals surface area (Å²) in [6.45, 7) is 3.67. The molecular weight excluding hydrogens is 532 g/mol. The van der Waals surface area contributed by atoms with Gasteiger partial charge in [-0.2, -0.15) is 0 Å². The summed E-state index contributed by atoms with van der Waals surface area (Å²) in [5, 5.41) is 14.2. The second-order valence-electron chi connectivity index (χ2n) is 9.55. The highest BCUT2D eigenvalue weighted by molar-refractivity contribution is 7.92. The summed E-state index contributed by atoms with van der Waals surface area (Å²) in [7, 11) is -4.02. The maximum Gasteiger partial charge on any atom is 0.271 e. The first kappa shape index (κ1) is 30.3. The van der Waals surface area contributed by atoms with Crippen molar-refractivity contribution in [1.82, 2.24) is 10.2 Å². The second-order valence-corrected chi connectivity index (χ2v) is 11.5. The SMILES string of the molecule is CCCNC(=O)C(Cc1ccccc1)N(Cc1cccc(C)c1)C(=O)CN(c1cccc([N+](=O)[O-])c1)S(C)(=O)=O. The first-order valence-electron chi connectivity index (χ1n) is 12.9. The lowest BCUT2D eigenvalue weighted by molar-refractivity contribution is -0.384. The maximum absolute atomic E-state index is 14.0. The third-order valence-electron chi connectivity index (χ3n) is 6.26. The Labute approximate surface area is 234 Å². The van der Waals surface area contributed by atoms with Crippen LogP contribution in [0, 0.1) is 17.0 Å². The molecule has 3 aromatic carbocycles. The number of sulfonamides is 1. The van der Waals surface area contributed by atoms with Crippen molar-refractivity contribution in [3.05, 3.63) is 106 Å². The van der Waals surface area contributed by atoms with Crippen LogP contribution in [0.15, 0.2) is 78.9 Å². The Morgan fingerprint density at radius 3 is 2.27 bits per heavy atom. The molecule has 0 radical (unpaired) electrons. The van der Waals surface area contributed by atoms with Crippen LogP contribution in [0.25, 0.3) is 0 Å². The molecule has 0 fully saturated rings. The summed E-state index contributed by atoms with van der Waals surface area (Å²) < 4.78 is 26.5. The van der Waals surface area contributed by atoms with E-state index in [1.165, 1.54) is 23.1 Å². The molecule has 1 unspecified atom stereocenters. The van der Waals surface area contributed by atoms with E-state index < -0.39 is 33.4 Å². The number of hydrogen-bond acceptors (Lipinski definition) is 6. The van der Waals surface area contributed by atoms with Crippen LogP contribution in [0.4, 0.5) is 11.4 Å². The molecule has 0 aromatic heterocycles. The highest BCUT2D eigenvalue weighted by atomic mass is 32.2. The Hall–Kier alpha value is -4.25. The number of nitrogens with zero attached hydrogens (tertiary/aromatic N) is 3. The molecule has 10 nitrogen and oxygen atoms in total. The van der Waals surface area contributed by atoms with E-state index >= 15 is 0 Å². The van der Waals surface area contributed by atoms with Crippen molar-refractivity contribution < 1.29 is 22.9 Å². The van der Waals surface area contributed by atoms with E-state index in [0.717, 1.165) is 33.3 Å². The van der Waals surface area contributed by atoms with Gasteiger partial charge in [0.1, 0.15) is 12.6 Å². The molecule has 0 saturated heterocycles. The Kier molecular flexibility index (Phi) is 10.4. The molecular formula is C29H34N4O6S. The standard InChI is InChI=1S/C29H34N4O6S/c1-4-16-30-29(35)27(18-23-11-6-5-7-12-23)31(20-24-13-8-10-22(2)17-24)28(34)21-32(40(3,38)39)25-14-9-15-26(19-25)33(36)37/h5-15,17,19,27H,4,16,18,20-21H2,1-3H3,(H,30,35). The Balaban J connectivity index is 2.06. The van der Waals surface area contributed by atoms with E-state index in [9.17, 15) is 28.1 Å². The van der Waals surface area contributed by atoms with Gasteiger partial charge in [0.15, 0.2) is 0 Å². The van der Waals surface area contributed by atoms with Crippen LogP contribution >= 0.6 is 0 Å². The molecule has 0 bridgehead atoms. The summed E-state index contributed by atoms with van der Waals surface area (Å²) in [5.74, 6) is -0.973. The van der Waals surface area contributed by atoms with Crippen molar-refractivity contribution in [2.24, 2.45) is 0 Å². The van der Waals surface area contributed by atoms with Crippen LogP contribution in [-0.2, 0) is 32.6 Å². The van der Waals surface area contributed by atoms with Crippen molar-refractivity contribution in [3.63, 3.8) is 0 Å². The number of anilines is 1. The van der Waals surface area contributed by atoms with Gasteiger partial charge in [0.05, 0.1) is 16.9 Å². The van der Waals surface area contributed by atoms with Gasteiger partial charge < -0.3 is 10.2 Å². The van der Waals surface area contributed by atoms with Gasteiger partial charge in [-0.25, -0.2) is 8.42 Å². The van der Waals surface area contributed by atoms with Crippen LogP contribution in [0.5, 0.6) is 0 Å². The van der Waals surface area contributed by atoms with Crippen LogP contribution in [0.2, 0.25) is 0 Å². The number of hydrogen-bond donors (Lipinski definition) is 1. The molecule has 1 atom stereocenters. The minimum absolute atomic E-state index is 0.0180. The minimum Gasteiger partial charge on any atom is -0.354 e. The number of carbonyl (C=O) groups is 2. The summed E-state index contributed by atoms with van der Waals surface area (Å²) in [5.41, 5.74) is 2.25. The second kappa shape index (κ2) is 13.7. The zero-order valence-corrected chi connectivity index (χ0v) is 23.6. The Bertz CT molecular complexity index is 1450. The fourth-order valence-electron chi connectivity index (χ4n) is 4.30. The number of amides is 2. The predicted molar refractivity (Wildman–Crippen MR) is 154 cm³/mol. The highest BCUT2D eigenvalue weighted by Crippen LogP contribution is 2.24. The Morgan fingerprint density at radius 2 is 1.65 bits per heavy atom. The highest BCUT2D eigenvalue weighted by Gasteiger charge is 2.33. The molecule has 0 aliphatic heterocycles. The van der Waals surface area contributed by atoms with E-state index in [4.69, 9.17) is 0 Å². The predicted octanol–water partition coefficient (Wildman–Crippen LogP) is 3.84. The summed E-state index contributed by atoms with van der Waals surface area (Å²) in [4.78, 5) is 39.6. The van der Waals surface area contributed by atoms with Crippen molar-refractivity contribution in [2.45, 2.75) is 39.3 Å². The number of carbonyl (C=O) groups excluding carboxylic acids is 2. The smallest absolute Gasteiger partial charge is 0.271 e. The molecule has 0 saturated carbocycles. The van der Waals surface area contributed by atoms with E-state index in [1.54, 1.807) is 0 Å². The van der Waals surface area contributed by atoms with E-state index in [0.29, 0.717) is 13.0 Å². The number of rotatable bonds is 13. The van der Waals surface area contributed by atoms with Gasteiger partial charge in [0.25, 0.3) is 5.69 Å². The molecule has 0 aliphatic rings. The van der Waals surface area contributed by atoms with Crippen molar-refractivity contribution >= 4 is 33.2 Å². The average molecular weight is 567 g/mol. The minimum atomic E-state index is -4.02. The van der Waals surface area contributed by atoms with Gasteiger partial charge in [-0.05, 0) is 30.5 Å². The fourth-order valence-corrected chi connectivity index (χ4v) is 5.14. The zero-order valence-electron chi connectivity index (χ0n) is 22.8. The largest absolute Gasteiger partial charge is 0.354 e. The molecule has 3 rings (SSSR count). The van der Waals surface area contributed by atoms with Crippen molar-refractivity contribution in [1.29, 1.82) is 0 Å². The van der Waals surface area contributed by atoms with Crippen LogP contribution in [0.3, 0.4) is 0 Å². The number of nitro benzene ring substituents is 1. The number of nitrogens with one attached hydrogen (secondary N) is 1. The lowest BCUT2D eigenvalue weighted by Crippen LogP contribution is -2.53. The van der Waals surface area contributed by atoms with Crippen LogP contribution < -0.4 is 9.62 Å². The number of non-ortho nitro benzene ring substituents is 1. The molecule has 0 spiro atoms. The third kappa shape index (κ3) is 8.37. The fraction of sp³-hybridized carbons (Fsp3) is 0.310. The molecule has 0 heterocycles. The van der Waals surface area contributed by atoms with Gasteiger partial charge in [-0.3, -0.25) is 24.0 Å². The molecule has 11 heteroatoms. The van der Waals surface area contributed by atoms with Gasteiger partial charge >= 0.3 is 0 Å². The van der Waals surface area contributed by atoms with Crippen LogP contribution in [0.1, 0.15) is 30.0 Å². The molecule has 1 N–H and O–H groups in total. The molecule has 3 aromatic rings. The normalized spacial score (nSPS) is 11.9. The first-order valence-corrected chi connectivity index (χ1v) is 14.7. The quantitative estimate of drug-likeness (QED) is 0.247. The van der Waals surface area contributed by atoms with Gasteiger partial charge in [0, 0.05) is 31.6 Å². The molecule has 0 aliphatic carbocycles. The van der Waals surface area contributed by atoms with Crippen molar-refractivity contribution in [3.8, 4) is 0 Å².